The number of para-hydroxylation sites is 1. The lowest BCUT2D eigenvalue weighted by Gasteiger charge is -2.09. The lowest BCUT2D eigenvalue weighted by atomic mass is 10.1. The first-order chi connectivity index (χ1) is 7.20. The highest BCUT2D eigenvalue weighted by atomic mass is 16.5. The second kappa shape index (κ2) is 5.20. The summed E-state index contributed by atoms with van der Waals surface area (Å²) >= 11 is 0. The van der Waals surface area contributed by atoms with Gasteiger partial charge in [0.05, 0.1) is 12.2 Å². The van der Waals surface area contributed by atoms with Gasteiger partial charge in [-0.1, -0.05) is 12.1 Å². The molecule has 1 aromatic rings. The van der Waals surface area contributed by atoms with Crippen LogP contribution in [0.4, 0.5) is 0 Å². The molecule has 80 valence electrons. The summed E-state index contributed by atoms with van der Waals surface area (Å²) in [6.07, 6.45) is 1.77. The highest BCUT2D eigenvalue weighted by molar-refractivity contribution is 6.00. The second-order valence-corrected chi connectivity index (χ2v) is 3.00. The molecule has 1 aromatic carbocycles. The molecule has 0 spiro atoms. The van der Waals surface area contributed by atoms with E-state index in [-0.39, 0.29) is 23.7 Å². The van der Waals surface area contributed by atoms with Crippen LogP contribution in [-0.2, 0) is 0 Å². The van der Waals surface area contributed by atoms with E-state index in [1.54, 1.807) is 19.1 Å². The maximum atomic E-state index is 11.6. The van der Waals surface area contributed by atoms with Crippen LogP contribution < -0.4 is 4.74 Å². The van der Waals surface area contributed by atoms with Gasteiger partial charge in [0.2, 0.25) is 0 Å². The first kappa shape index (κ1) is 11.3. The third-order valence-corrected chi connectivity index (χ3v) is 1.91. The van der Waals surface area contributed by atoms with Gasteiger partial charge in [0.15, 0.2) is 17.3 Å². The summed E-state index contributed by atoms with van der Waals surface area (Å²) in [5.41, 5.74) is 0.400. The van der Waals surface area contributed by atoms with Gasteiger partial charge in [-0.25, -0.2) is 0 Å². The number of carbonyl (C=O) groups excluding carboxylic acids is 1. The molecule has 0 atom stereocenters. The largest absolute Gasteiger partial charge is 0.504 e. The van der Waals surface area contributed by atoms with Gasteiger partial charge in [-0.05, 0) is 19.1 Å². The highest BCUT2D eigenvalue weighted by Crippen LogP contribution is 2.30. The minimum absolute atomic E-state index is 0.00763. The number of phenolic OH excluding ortho intramolecular Hbond substituents is 1. The fourth-order valence-electron chi connectivity index (χ4n) is 1.28. The van der Waals surface area contributed by atoms with Gasteiger partial charge in [-0.3, -0.25) is 4.79 Å². The Morgan fingerprint density at radius 3 is 2.93 bits per heavy atom. The third kappa shape index (κ3) is 2.59. The zero-order valence-corrected chi connectivity index (χ0v) is 8.69. The summed E-state index contributed by atoms with van der Waals surface area (Å²) in [5.74, 6) is 0.142. The summed E-state index contributed by atoms with van der Waals surface area (Å²) < 4.78 is 5.23. The van der Waals surface area contributed by atoms with Crippen LogP contribution in [0, 0.1) is 0 Å². The van der Waals surface area contributed by atoms with Gasteiger partial charge >= 0.3 is 0 Å². The van der Waals surface area contributed by atoms with Gasteiger partial charge in [0.1, 0.15) is 0 Å². The number of ether oxygens (including phenoxy) is 1. The number of phenols is 1. The number of rotatable bonds is 5. The molecule has 0 aliphatic heterocycles. The van der Waals surface area contributed by atoms with Gasteiger partial charge in [-0.15, -0.1) is 6.58 Å². The van der Waals surface area contributed by atoms with Gasteiger partial charge < -0.3 is 9.84 Å². The molecular weight excluding hydrogens is 192 g/mol. The van der Waals surface area contributed by atoms with Crippen LogP contribution in [0.1, 0.15) is 23.7 Å². The van der Waals surface area contributed by atoms with E-state index < -0.39 is 0 Å². The molecule has 0 saturated heterocycles. The molecule has 0 aromatic heterocycles. The Kier molecular flexibility index (Phi) is 3.92. The number of carbonyl (C=O) groups is 1. The maximum absolute atomic E-state index is 11.6. The lowest BCUT2D eigenvalue weighted by molar-refractivity contribution is 0.0991. The van der Waals surface area contributed by atoms with E-state index in [1.807, 2.05) is 0 Å². The summed E-state index contributed by atoms with van der Waals surface area (Å²) in [6, 6.07) is 4.75. The zero-order valence-electron chi connectivity index (χ0n) is 8.69. The monoisotopic (exact) mass is 206 g/mol. The lowest BCUT2D eigenvalue weighted by Crippen LogP contribution is -2.03. The minimum atomic E-state index is -0.107. The Labute approximate surface area is 89.0 Å². The molecule has 1 N–H and O–H groups in total. The third-order valence-electron chi connectivity index (χ3n) is 1.91. The Morgan fingerprint density at radius 2 is 2.33 bits per heavy atom. The standard InChI is InChI=1S/C12H14O3/c1-3-6-10(13)9-7-5-8-11(14)12(9)15-4-2/h3,5,7-8,14H,1,4,6H2,2H3. The molecule has 0 unspecified atom stereocenters. The van der Waals surface area contributed by atoms with E-state index in [2.05, 4.69) is 6.58 Å². The molecule has 3 heteroatoms. The molecule has 3 nitrogen and oxygen atoms in total. The van der Waals surface area contributed by atoms with Crippen molar-refractivity contribution in [3.8, 4) is 11.5 Å². The van der Waals surface area contributed by atoms with E-state index in [9.17, 15) is 9.90 Å². The molecule has 0 bridgehead atoms. The molecule has 0 fully saturated rings. The number of benzene rings is 1. The molecule has 0 aliphatic carbocycles. The normalized spacial score (nSPS) is 9.67. The maximum Gasteiger partial charge on any atom is 0.171 e. The first-order valence-electron chi connectivity index (χ1n) is 4.79. The molecule has 0 radical (unpaired) electrons. The Balaban J connectivity index is 3.09. The smallest absolute Gasteiger partial charge is 0.171 e. The van der Waals surface area contributed by atoms with Crippen LogP contribution in [-0.4, -0.2) is 17.5 Å². The predicted octanol–water partition coefficient (Wildman–Crippen LogP) is 2.55. The number of hydrogen-bond donors (Lipinski definition) is 1. The van der Waals surface area contributed by atoms with E-state index in [1.165, 1.54) is 12.1 Å². The van der Waals surface area contributed by atoms with Gasteiger partial charge in [0.25, 0.3) is 0 Å². The Hall–Kier alpha value is -1.77. The average molecular weight is 206 g/mol. The summed E-state index contributed by atoms with van der Waals surface area (Å²) in [5, 5.41) is 9.54. The zero-order chi connectivity index (χ0) is 11.3. The van der Waals surface area contributed by atoms with Crippen molar-refractivity contribution in [3.05, 3.63) is 36.4 Å². The molecule has 0 saturated carbocycles. The molecular formula is C12H14O3. The van der Waals surface area contributed by atoms with Crippen molar-refractivity contribution in [1.29, 1.82) is 0 Å². The number of aromatic hydroxyl groups is 1. The van der Waals surface area contributed by atoms with Crippen molar-refractivity contribution in [1.82, 2.24) is 0 Å². The average Bonchev–Trinajstić information content (AvgIpc) is 2.21. The molecule has 1 rings (SSSR count). The Bertz CT molecular complexity index is 369. The van der Waals surface area contributed by atoms with E-state index >= 15 is 0 Å². The van der Waals surface area contributed by atoms with Crippen molar-refractivity contribution in [2.75, 3.05) is 6.61 Å². The molecule has 0 heterocycles. The van der Waals surface area contributed by atoms with Gasteiger partial charge in [0, 0.05) is 6.42 Å². The second-order valence-electron chi connectivity index (χ2n) is 3.00. The van der Waals surface area contributed by atoms with Crippen LogP contribution in [0.5, 0.6) is 11.5 Å². The quantitative estimate of drug-likeness (QED) is 0.595. The van der Waals surface area contributed by atoms with E-state index in [0.717, 1.165) is 0 Å². The SMILES string of the molecule is C=CCC(=O)c1cccc(O)c1OCC. The van der Waals surface area contributed by atoms with Crippen molar-refractivity contribution < 1.29 is 14.6 Å². The number of Topliss-reactive ketones (excluding diaryl/α,β-unsaturated/α-hetero) is 1. The van der Waals surface area contributed by atoms with Crippen LogP contribution in [0.2, 0.25) is 0 Å². The van der Waals surface area contributed by atoms with Gasteiger partial charge in [-0.2, -0.15) is 0 Å². The molecule has 15 heavy (non-hydrogen) atoms. The number of hydrogen-bond acceptors (Lipinski definition) is 3. The topological polar surface area (TPSA) is 46.5 Å². The van der Waals surface area contributed by atoms with E-state index in [4.69, 9.17) is 4.74 Å². The summed E-state index contributed by atoms with van der Waals surface area (Å²) in [4.78, 5) is 11.6. The fraction of sp³-hybridized carbons (Fsp3) is 0.250. The first-order valence-corrected chi connectivity index (χ1v) is 4.79. The van der Waals surface area contributed by atoms with Crippen LogP contribution in [0.15, 0.2) is 30.9 Å². The highest BCUT2D eigenvalue weighted by Gasteiger charge is 2.14. The predicted molar refractivity (Wildman–Crippen MR) is 58.4 cm³/mol. The van der Waals surface area contributed by atoms with Crippen molar-refractivity contribution in [2.24, 2.45) is 0 Å². The minimum Gasteiger partial charge on any atom is -0.504 e. The number of ketones is 1. The summed E-state index contributed by atoms with van der Waals surface area (Å²) in [6.45, 7) is 5.71. The van der Waals surface area contributed by atoms with E-state index in [0.29, 0.717) is 12.2 Å². The summed E-state index contributed by atoms with van der Waals surface area (Å²) in [7, 11) is 0. The van der Waals surface area contributed by atoms with Crippen molar-refractivity contribution in [2.45, 2.75) is 13.3 Å². The van der Waals surface area contributed by atoms with Crippen molar-refractivity contribution >= 4 is 5.78 Å². The van der Waals surface area contributed by atoms with Crippen LogP contribution in [0.25, 0.3) is 0 Å². The van der Waals surface area contributed by atoms with Crippen molar-refractivity contribution in [3.63, 3.8) is 0 Å². The number of allylic oxidation sites excluding steroid dienone is 1. The van der Waals surface area contributed by atoms with Crippen LogP contribution in [0.3, 0.4) is 0 Å². The van der Waals surface area contributed by atoms with Crippen LogP contribution >= 0.6 is 0 Å². The fourth-order valence-corrected chi connectivity index (χ4v) is 1.28. The Morgan fingerprint density at radius 1 is 1.60 bits per heavy atom. The molecule has 0 amide bonds. The molecule has 0 aliphatic rings.